The first-order valence-electron chi connectivity index (χ1n) is 7.32. The minimum atomic E-state index is -0.257. The number of nitrogens with one attached hydrogen (secondary N) is 2. The van der Waals surface area contributed by atoms with Gasteiger partial charge in [0.25, 0.3) is 0 Å². The van der Waals surface area contributed by atoms with Crippen LogP contribution < -0.4 is 10.6 Å². The van der Waals surface area contributed by atoms with E-state index < -0.39 is 0 Å². The highest BCUT2D eigenvalue weighted by Gasteiger charge is 2.15. The van der Waals surface area contributed by atoms with Crippen molar-refractivity contribution < 1.29 is 9.53 Å². The fraction of sp³-hybridized carbons (Fsp3) is 0.929. The van der Waals surface area contributed by atoms with E-state index in [9.17, 15) is 4.79 Å². The van der Waals surface area contributed by atoms with Gasteiger partial charge in [-0.15, -0.1) is 0 Å². The second-order valence-electron chi connectivity index (χ2n) is 5.55. The molecule has 0 radical (unpaired) electrons. The lowest BCUT2D eigenvalue weighted by Gasteiger charge is -2.22. The summed E-state index contributed by atoms with van der Waals surface area (Å²) in [5, 5.41) is 6.21. The summed E-state index contributed by atoms with van der Waals surface area (Å²) in [6.07, 6.45) is 6.85. The normalized spacial score (nSPS) is 16.8. The van der Waals surface area contributed by atoms with Gasteiger partial charge < -0.3 is 15.4 Å². The molecular formula is C14H28N2O2. The molecule has 1 aliphatic carbocycles. The minimum Gasteiger partial charge on any atom is -0.448 e. The maximum absolute atomic E-state index is 11.5. The molecule has 1 amide bonds. The number of alkyl carbamates (subject to hydrolysis) is 1. The summed E-state index contributed by atoms with van der Waals surface area (Å²) in [7, 11) is 0. The Morgan fingerprint density at radius 1 is 1.22 bits per heavy atom. The Morgan fingerprint density at radius 2 is 1.94 bits per heavy atom. The first kappa shape index (κ1) is 15.3. The largest absolute Gasteiger partial charge is 0.448 e. The van der Waals surface area contributed by atoms with E-state index in [-0.39, 0.29) is 6.09 Å². The predicted octanol–water partition coefficient (Wildman–Crippen LogP) is 2.68. The molecule has 0 aromatic carbocycles. The van der Waals surface area contributed by atoms with E-state index in [1.807, 2.05) is 0 Å². The molecule has 1 saturated carbocycles. The molecule has 0 spiro atoms. The van der Waals surface area contributed by atoms with Gasteiger partial charge in [-0.3, -0.25) is 0 Å². The van der Waals surface area contributed by atoms with Crippen molar-refractivity contribution in [3.63, 3.8) is 0 Å². The van der Waals surface area contributed by atoms with Crippen LogP contribution in [0, 0.1) is 5.92 Å². The topological polar surface area (TPSA) is 50.4 Å². The van der Waals surface area contributed by atoms with Crippen LogP contribution in [0.4, 0.5) is 4.79 Å². The Labute approximate surface area is 111 Å². The van der Waals surface area contributed by atoms with Crippen LogP contribution in [0.5, 0.6) is 0 Å². The lowest BCUT2D eigenvalue weighted by molar-refractivity contribution is 0.140. The van der Waals surface area contributed by atoms with E-state index in [1.165, 1.54) is 19.3 Å². The van der Waals surface area contributed by atoms with Gasteiger partial charge in [-0.1, -0.05) is 33.1 Å². The van der Waals surface area contributed by atoms with Gasteiger partial charge in [0.1, 0.15) is 6.61 Å². The Hall–Kier alpha value is -0.770. The Kier molecular flexibility index (Phi) is 7.81. The van der Waals surface area contributed by atoms with Crippen LogP contribution in [0.1, 0.15) is 52.4 Å². The zero-order valence-corrected chi connectivity index (χ0v) is 11.8. The van der Waals surface area contributed by atoms with Crippen LogP contribution >= 0.6 is 0 Å². The molecule has 0 bridgehead atoms. The van der Waals surface area contributed by atoms with E-state index in [0.29, 0.717) is 18.6 Å². The smallest absolute Gasteiger partial charge is 0.407 e. The van der Waals surface area contributed by atoms with E-state index >= 15 is 0 Å². The van der Waals surface area contributed by atoms with Gasteiger partial charge >= 0.3 is 6.09 Å². The zero-order valence-electron chi connectivity index (χ0n) is 11.8. The quantitative estimate of drug-likeness (QED) is 0.689. The van der Waals surface area contributed by atoms with Crippen molar-refractivity contribution in [1.29, 1.82) is 0 Å². The molecule has 1 rings (SSSR count). The fourth-order valence-corrected chi connectivity index (χ4v) is 2.19. The second-order valence-corrected chi connectivity index (χ2v) is 5.55. The lowest BCUT2D eigenvalue weighted by Crippen LogP contribution is -2.37. The number of hydrogen-bond donors (Lipinski definition) is 2. The SMILES string of the molecule is CC(C)CCNCCOC(=O)NC1CCCCC1. The maximum Gasteiger partial charge on any atom is 0.407 e. The molecule has 0 unspecified atom stereocenters. The highest BCUT2D eigenvalue weighted by Crippen LogP contribution is 2.17. The second kappa shape index (κ2) is 9.20. The summed E-state index contributed by atoms with van der Waals surface area (Å²) in [5.74, 6) is 0.716. The van der Waals surface area contributed by atoms with Crippen molar-refractivity contribution in [2.24, 2.45) is 5.92 Å². The molecule has 1 aliphatic rings. The number of carbonyl (C=O) groups excluding carboxylic acids is 1. The Morgan fingerprint density at radius 3 is 2.61 bits per heavy atom. The first-order valence-corrected chi connectivity index (χ1v) is 7.32. The molecule has 2 N–H and O–H groups in total. The molecular weight excluding hydrogens is 228 g/mol. The number of hydrogen-bond acceptors (Lipinski definition) is 3. The Balaban J connectivity index is 1.93. The molecule has 106 valence electrons. The third-order valence-electron chi connectivity index (χ3n) is 3.34. The summed E-state index contributed by atoms with van der Waals surface area (Å²) < 4.78 is 5.14. The number of amides is 1. The van der Waals surface area contributed by atoms with E-state index in [1.54, 1.807) is 0 Å². The highest BCUT2D eigenvalue weighted by molar-refractivity contribution is 5.67. The van der Waals surface area contributed by atoms with Gasteiger partial charge in [0.05, 0.1) is 0 Å². The predicted molar refractivity (Wildman–Crippen MR) is 73.7 cm³/mol. The molecule has 1 fully saturated rings. The van der Waals surface area contributed by atoms with Gasteiger partial charge in [-0.05, 0) is 31.7 Å². The average molecular weight is 256 g/mol. The van der Waals surface area contributed by atoms with E-state index in [0.717, 1.165) is 32.4 Å². The highest BCUT2D eigenvalue weighted by atomic mass is 16.5. The molecule has 0 saturated heterocycles. The van der Waals surface area contributed by atoms with Crippen molar-refractivity contribution in [2.45, 2.75) is 58.4 Å². The number of rotatable bonds is 7. The van der Waals surface area contributed by atoms with Gasteiger partial charge in [0.15, 0.2) is 0 Å². The van der Waals surface area contributed by atoms with Gasteiger partial charge in [-0.2, -0.15) is 0 Å². The Bertz CT molecular complexity index is 226. The molecule has 0 aliphatic heterocycles. The standard InChI is InChI=1S/C14H28N2O2/c1-12(2)8-9-15-10-11-18-14(17)16-13-6-4-3-5-7-13/h12-13,15H,3-11H2,1-2H3,(H,16,17). The molecule has 4 heteroatoms. The summed E-state index contributed by atoms with van der Waals surface area (Å²) >= 11 is 0. The van der Waals surface area contributed by atoms with Crippen molar-refractivity contribution in [1.82, 2.24) is 10.6 Å². The summed E-state index contributed by atoms with van der Waals surface area (Å²) in [6.45, 7) is 6.60. The van der Waals surface area contributed by atoms with Crippen LogP contribution in [0.2, 0.25) is 0 Å². The molecule has 18 heavy (non-hydrogen) atoms. The van der Waals surface area contributed by atoms with Gasteiger partial charge in [-0.25, -0.2) is 4.79 Å². The third kappa shape index (κ3) is 7.54. The summed E-state index contributed by atoms with van der Waals surface area (Å²) in [4.78, 5) is 11.5. The van der Waals surface area contributed by atoms with Crippen molar-refractivity contribution in [3.8, 4) is 0 Å². The maximum atomic E-state index is 11.5. The van der Waals surface area contributed by atoms with E-state index in [4.69, 9.17) is 4.74 Å². The van der Waals surface area contributed by atoms with Crippen LogP contribution in [0.25, 0.3) is 0 Å². The average Bonchev–Trinajstić information content (AvgIpc) is 2.34. The minimum absolute atomic E-state index is 0.257. The van der Waals surface area contributed by atoms with Crippen LogP contribution in [0.15, 0.2) is 0 Å². The van der Waals surface area contributed by atoms with Crippen molar-refractivity contribution in [3.05, 3.63) is 0 Å². The third-order valence-corrected chi connectivity index (χ3v) is 3.34. The van der Waals surface area contributed by atoms with Gasteiger partial charge in [0.2, 0.25) is 0 Å². The zero-order chi connectivity index (χ0) is 13.2. The number of ether oxygens (including phenoxy) is 1. The van der Waals surface area contributed by atoms with Crippen LogP contribution in [-0.4, -0.2) is 31.8 Å². The molecule has 0 aromatic rings. The molecule has 0 aromatic heterocycles. The van der Waals surface area contributed by atoms with Crippen LogP contribution in [0.3, 0.4) is 0 Å². The fourth-order valence-electron chi connectivity index (χ4n) is 2.19. The van der Waals surface area contributed by atoms with Crippen molar-refractivity contribution in [2.75, 3.05) is 19.7 Å². The van der Waals surface area contributed by atoms with Crippen molar-refractivity contribution >= 4 is 6.09 Å². The molecule has 0 heterocycles. The van der Waals surface area contributed by atoms with Crippen LogP contribution in [-0.2, 0) is 4.74 Å². The summed E-state index contributed by atoms with van der Waals surface area (Å²) in [6, 6.07) is 0.333. The number of carbonyl (C=O) groups is 1. The monoisotopic (exact) mass is 256 g/mol. The van der Waals surface area contributed by atoms with E-state index in [2.05, 4.69) is 24.5 Å². The summed E-state index contributed by atoms with van der Waals surface area (Å²) in [5.41, 5.74) is 0. The first-order chi connectivity index (χ1) is 8.68. The van der Waals surface area contributed by atoms with Gasteiger partial charge in [0, 0.05) is 12.6 Å². The molecule has 0 atom stereocenters. The molecule has 4 nitrogen and oxygen atoms in total. The lowest BCUT2D eigenvalue weighted by atomic mass is 9.96.